The molecule has 6 nitrogen and oxygen atoms in total. The summed E-state index contributed by atoms with van der Waals surface area (Å²) in [5, 5.41) is 11.5. The zero-order valence-electron chi connectivity index (χ0n) is 17.7. The molecule has 166 valence electrons. The van der Waals surface area contributed by atoms with Crippen LogP contribution in [0.15, 0.2) is 72.8 Å². The van der Waals surface area contributed by atoms with Gasteiger partial charge in [0, 0.05) is 24.3 Å². The van der Waals surface area contributed by atoms with Crippen molar-refractivity contribution in [2.75, 3.05) is 6.61 Å². The molecule has 3 aromatic carbocycles. The third-order valence-corrected chi connectivity index (χ3v) is 4.91. The number of hydrogen-bond acceptors (Lipinski definition) is 4. The van der Waals surface area contributed by atoms with Gasteiger partial charge in [-0.2, -0.15) is 0 Å². The molecule has 3 aromatic rings. The van der Waals surface area contributed by atoms with E-state index in [1.54, 1.807) is 54.0 Å². The molecule has 0 aromatic heterocycles. The van der Waals surface area contributed by atoms with E-state index in [2.05, 4.69) is 5.32 Å². The molecular weight excluding hydrogens is 411 g/mol. The van der Waals surface area contributed by atoms with Crippen molar-refractivity contribution in [3.63, 3.8) is 0 Å². The molecule has 0 saturated carbocycles. The topological polar surface area (TPSA) is 87.7 Å². The molecule has 0 fully saturated rings. The molecule has 0 aliphatic heterocycles. The lowest BCUT2D eigenvalue weighted by Crippen LogP contribution is -2.23. The average molecular weight is 436 g/mol. The van der Waals surface area contributed by atoms with Crippen molar-refractivity contribution in [1.29, 1.82) is 0 Å². The van der Waals surface area contributed by atoms with E-state index in [-0.39, 0.29) is 17.8 Å². The molecule has 0 aliphatic carbocycles. The second-order valence-corrected chi connectivity index (χ2v) is 7.24. The summed E-state index contributed by atoms with van der Waals surface area (Å²) < 4.78 is 19.3. The second-order valence-electron chi connectivity index (χ2n) is 7.24. The van der Waals surface area contributed by atoms with Gasteiger partial charge < -0.3 is 10.1 Å². The average Bonchev–Trinajstić information content (AvgIpc) is 2.84. The molecule has 2 amide bonds. The third kappa shape index (κ3) is 6.00. The standard InChI is InChI=1S/C25H25FN2O4/c1-2-15-32-23(19-11-13-22(26)14-12-19)18-7-9-20(10-8-18)24(29)27-16-17-3-5-21(6-4-17)25(30)28-31/h3-14,23,31H,2,15-16H2,1H3,(H,27,29)(H,28,30). The summed E-state index contributed by atoms with van der Waals surface area (Å²) in [6.45, 7) is 2.87. The summed E-state index contributed by atoms with van der Waals surface area (Å²) in [5.41, 5.74) is 4.92. The highest BCUT2D eigenvalue weighted by atomic mass is 19.1. The first-order valence-electron chi connectivity index (χ1n) is 10.3. The number of carbonyl (C=O) groups is 2. The van der Waals surface area contributed by atoms with Crippen molar-refractivity contribution in [3.05, 3.63) is 106 Å². The highest BCUT2D eigenvalue weighted by Crippen LogP contribution is 2.27. The van der Waals surface area contributed by atoms with Gasteiger partial charge in [0.15, 0.2) is 0 Å². The van der Waals surface area contributed by atoms with Gasteiger partial charge in [-0.1, -0.05) is 43.3 Å². The van der Waals surface area contributed by atoms with E-state index in [0.29, 0.717) is 24.3 Å². The van der Waals surface area contributed by atoms with Crippen LogP contribution in [0, 0.1) is 5.82 Å². The molecule has 32 heavy (non-hydrogen) atoms. The minimum Gasteiger partial charge on any atom is -0.369 e. The molecule has 7 heteroatoms. The fourth-order valence-corrected chi connectivity index (χ4v) is 3.19. The van der Waals surface area contributed by atoms with Crippen LogP contribution in [0.2, 0.25) is 0 Å². The highest BCUT2D eigenvalue weighted by Gasteiger charge is 2.16. The van der Waals surface area contributed by atoms with Crippen LogP contribution in [0.5, 0.6) is 0 Å². The number of amides is 2. The van der Waals surface area contributed by atoms with Crippen LogP contribution in [-0.4, -0.2) is 23.6 Å². The molecule has 0 heterocycles. The van der Waals surface area contributed by atoms with E-state index in [9.17, 15) is 14.0 Å². The molecule has 0 radical (unpaired) electrons. The summed E-state index contributed by atoms with van der Waals surface area (Å²) in [7, 11) is 0. The largest absolute Gasteiger partial charge is 0.369 e. The Morgan fingerprint density at radius 1 is 0.875 bits per heavy atom. The Hall–Kier alpha value is -3.55. The smallest absolute Gasteiger partial charge is 0.274 e. The summed E-state index contributed by atoms with van der Waals surface area (Å²) in [5.74, 6) is -1.13. The van der Waals surface area contributed by atoms with Crippen molar-refractivity contribution in [2.45, 2.75) is 26.0 Å². The number of carbonyl (C=O) groups excluding carboxylic acids is 2. The van der Waals surface area contributed by atoms with Gasteiger partial charge in [-0.05, 0) is 59.5 Å². The molecule has 0 saturated heterocycles. The number of halogens is 1. The van der Waals surface area contributed by atoms with Gasteiger partial charge in [-0.3, -0.25) is 14.8 Å². The lowest BCUT2D eigenvalue weighted by atomic mass is 10.00. The van der Waals surface area contributed by atoms with E-state index < -0.39 is 5.91 Å². The number of ether oxygens (including phenoxy) is 1. The molecule has 3 rings (SSSR count). The van der Waals surface area contributed by atoms with Crippen LogP contribution in [0.4, 0.5) is 4.39 Å². The lowest BCUT2D eigenvalue weighted by Gasteiger charge is -2.19. The van der Waals surface area contributed by atoms with Crippen molar-refractivity contribution in [2.24, 2.45) is 0 Å². The van der Waals surface area contributed by atoms with E-state index in [4.69, 9.17) is 9.94 Å². The first kappa shape index (κ1) is 23.1. The number of rotatable bonds is 9. The summed E-state index contributed by atoms with van der Waals surface area (Å²) in [6.07, 6.45) is 0.506. The number of hydroxylamine groups is 1. The van der Waals surface area contributed by atoms with Crippen LogP contribution in [0.25, 0.3) is 0 Å². The van der Waals surface area contributed by atoms with E-state index >= 15 is 0 Å². The van der Waals surface area contributed by atoms with Gasteiger partial charge in [-0.25, -0.2) is 9.87 Å². The highest BCUT2D eigenvalue weighted by molar-refractivity contribution is 5.94. The number of nitrogens with one attached hydrogen (secondary N) is 2. The Balaban J connectivity index is 1.65. The Morgan fingerprint density at radius 3 is 1.97 bits per heavy atom. The normalized spacial score (nSPS) is 11.6. The van der Waals surface area contributed by atoms with Crippen LogP contribution >= 0.6 is 0 Å². The van der Waals surface area contributed by atoms with Crippen molar-refractivity contribution in [1.82, 2.24) is 10.8 Å². The third-order valence-electron chi connectivity index (χ3n) is 4.91. The van der Waals surface area contributed by atoms with Crippen LogP contribution in [0.3, 0.4) is 0 Å². The Kier molecular flexibility index (Phi) is 8.08. The number of benzene rings is 3. The fourth-order valence-electron chi connectivity index (χ4n) is 3.19. The molecule has 1 unspecified atom stereocenters. The zero-order chi connectivity index (χ0) is 22.9. The van der Waals surface area contributed by atoms with Gasteiger partial charge in [0.05, 0.1) is 0 Å². The molecule has 0 bridgehead atoms. The quantitative estimate of drug-likeness (QED) is 0.343. The van der Waals surface area contributed by atoms with Crippen LogP contribution in [-0.2, 0) is 11.3 Å². The fraction of sp³-hybridized carbons (Fsp3) is 0.200. The molecule has 1 atom stereocenters. The summed E-state index contributed by atoms with van der Waals surface area (Å²) in [6, 6.07) is 19.9. The minimum absolute atomic E-state index is 0.235. The van der Waals surface area contributed by atoms with Crippen molar-refractivity contribution < 1.29 is 23.9 Å². The molecule has 0 aliphatic rings. The van der Waals surface area contributed by atoms with Crippen molar-refractivity contribution in [3.8, 4) is 0 Å². The Morgan fingerprint density at radius 2 is 1.41 bits per heavy atom. The molecule has 3 N–H and O–H groups in total. The predicted molar refractivity (Wildman–Crippen MR) is 118 cm³/mol. The molecular formula is C25H25FN2O4. The van der Waals surface area contributed by atoms with E-state index in [0.717, 1.165) is 23.1 Å². The van der Waals surface area contributed by atoms with Gasteiger partial charge in [0.2, 0.25) is 0 Å². The van der Waals surface area contributed by atoms with Gasteiger partial charge in [0.1, 0.15) is 11.9 Å². The second kappa shape index (κ2) is 11.2. The first-order chi connectivity index (χ1) is 15.5. The van der Waals surface area contributed by atoms with Crippen molar-refractivity contribution >= 4 is 11.8 Å². The van der Waals surface area contributed by atoms with Gasteiger partial charge in [0.25, 0.3) is 11.8 Å². The zero-order valence-corrected chi connectivity index (χ0v) is 17.7. The SMILES string of the molecule is CCCOC(c1ccc(F)cc1)c1ccc(C(=O)NCc2ccc(C(=O)NO)cc2)cc1. The van der Waals surface area contributed by atoms with Crippen LogP contribution < -0.4 is 10.8 Å². The maximum atomic E-state index is 13.3. The Labute approximate surface area is 186 Å². The van der Waals surface area contributed by atoms with E-state index in [1.807, 2.05) is 19.1 Å². The van der Waals surface area contributed by atoms with E-state index in [1.165, 1.54) is 12.1 Å². The lowest BCUT2D eigenvalue weighted by molar-refractivity contribution is 0.0706. The predicted octanol–water partition coefficient (Wildman–Crippen LogP) is 4.39. The van der Waals surface area contributed by atoms with Gasteiger partial charge in [-0.15, -0.1) is 0 Å². The first-order valence-corrected chi connectivity index (χ1v) is 10.3. The Bertz CT molecular complexity index is 1040. The van der Waals surface area contributed by atoms with Gasteiger partial charge >= 0.3 is 0 Å². The number of hydrogen-bond donors (Lipinski definition) is 3. The summed E-state index contributed by atoms with van der Waals surface area (Å²) >= 11 is 0. The maximum Gasteiger partial charge on any atom is 0.274 e. The molecule has 0 spiro atoms. The monoisotopic (exact) mass is 436 g/mol. The minimum atomic E-state index is -0.595. The van der Waals surface area contributed by atoms with Crippen LogP contribution in [0.1, 0.15) is 56.9 Å². The maximum absolute atomic E-state index is 13.3. The summed E-state index contributed by atoms with van der Waals surface area (Å²) in [4.78, 5) is 23.9.